The van der Waals surface area contributed by atoms with E-state index in [4.69, 9.17) is 4.74 Å². The van der Waals surface area contributed by atoms with Gasteiger partial charge in [0.25, 0.3) is 0 Å². The van der Waals surface area contributed by atoms with Gasteiger partial charge in [0, 0.05) is 18.4 Å². The summed E-state index contributed by atoms with van der Waals surface area (Å²) >= 11 is 0. The lowest BCUT2D eigenvalue weighted by Crippen LogP contribution is -2.34. The lowest BCUT2D eigenvalue weighted by molar-refractivity contribution is 0.370. The molecule has 0 aliphatic heterocycles. The zero-order valence-corrected chi connectivity index (χ0v) is 11.0. The summed E-state index contributed by atoms with van der Waals surface area (Å²) in [6, 6.07) is 13.0. The molecule has 1 saturated carbocycles. The van der Waals surface area contributed by atoms with E-state index in [0.717, 1.165) is 11.4 Å². The smallest absolute Gasteiger partial charge is 0.119 e. The van der Waals surface area contributed by atoms with Crippen LogP contribution in [0, 0.1) is 0 Å². The van der Waals surface area contributed by atoms with Crippen LogP contribution in [0.25, 0.3) is 0 Å². The van der Waals surface area contributed by atoms with Crippen LogP contribution in [0.5, 0.6) is 5.75 Å². The SMILES string of the molecule is COc1cccc(C2CC(Nc3cccnc3)C2)c1. The van der Waals surface area contributed by atoms with E-state index in [-0.39, 0.29) is 0 Å². The van der Waals surface area contributed by atoms with Crippen molar-refractivity contribution in [1.29, 1.82) is 0 Å². The minimum Gasteiger partial charge on any atom is -0.497 e. The van der Waals surface area contributed by atoms with Crippen molar-refractivity contribution in [2.45, 2.75) is 24.8 Å². The summed E-state index contributed by atoms with van der Waals surface area (Å²) in [5.74, 6) is 1.59. The molecule has 1 N–H and O–H groups in total. The molecule has 1 heterocycles. The topological polar surface area (TPSA) is 34.1 Å². The Morgan fingerprint density at radius 1 is 1.21 bits per heavy atom. The molecule has 0 saturated heterocycles. The van der Waals surface area contributed by atoms with Crippen molar-refractivity contribution in [3.05, 3.63) is 54.4 Å². The molecule has 0 amide bonds. The van der Waals surface area contributed by atoms with Crippen LogP contribution < -0.4 is 10.1 Å². The first kappa shape index (κ1) is 12.0. The molecule has 19 heavy (non-hydrogen) atoms. The first-order valence-corrected chi connectivity index (χ1v) is 6.65. The molecule has 1 aliphatic carbocycles. The van der Waals surface area contributed by atoms with Crippen LogP contribution in [0.3, 0.4) is 0 Å². The summed E-state index contributed by atoms with van der Waals surface area (Å²) in [6.45, 7) is 0. The van der Waals surface area contributed by atoms with Gasteiger partial charge in [-0.1, -0.05) is 12.1 Å². The van der Waals surface area contributed by atoms with Gasteiger partial charge in [-0.15, -0.1) is 0 Å². The summed E-state index contributed by atoms with van der Waals surface area (Å²) in [7, 11) is 1.71. The lowest BCUT2D eigenvalue weighted by Gasteiger charge is -2.36. The molecular formula is C16H18N2O. The molecule has 0 radical (unpaired) electrons. The molecule has 3 nitrogen and oxygen atoms in total. The molecule has 1 aromatic heterocycles. The second-order valence-electron chi connectivity index (χ2n) is 5.03. The Morgan fingerprint density at radius 3 is 2.84 bits per heavy atom. The highest BCUT2D eigenvalue weighted by atomic mass is 16.5. The van der Waals surface area contributed by atoms with Gasteiger partial charge in [0.2, 0.25) is 0 Å². The van der Waals surface area contributed by atoms with E-state index >= 15 is 0 Å². The molecule has 1 aliphatic rings. The summed E-state index contributed by atoms with van der Waals surface area (Å²) in [6.07, 6.45) is 6.01. The zero-order chi connectivity index (χ0) is 13.1. The average molecular weight is 254 g/mol. The number of hydrogen-bond donors (Lipinski definition) is 1. The molecule has 98 valence electrons. The molecule has 0 bridgehead atoms. The quantitative estimate of drug-likeness (QED) is 0.907. The van der Waals surface area contributed by atoms with Gasteiger partial charge in [-0.25, -0.2) is 0 Å². The molecule has 0 unspecified atom stereocenters. The molecule has 0 atom stereocenters. The number of nitrogens with one attached hydrogen (secondary N) is 1. The van der Waals surface area contributed by atoms with Crippen LogP contribution in [0.4, 0.5) is 5.69 Å². The number of benzene rings is 1. The Balaban J connectivity index is 1.57. The number of nitrogens with zero attached hydrogens (tertiary/aromatic N) is 1. The van der Waals surface area contributed by atoms with E-state index in [9.17, 15) is 0 Å². The maximum atomic E-state index is 5.27. The Labute approximate surface area is 113 Å². The highest BCUT2D eigenvalue weighted by molar-refractivity contribution is 5.42. The Hall–Kier alpha value is -2.03. The van der Waals surface area contributed by atoms with Crippen LogP contribution in [0.2, 0.25) is 0 Å². The maximum absolute atomic E-state index is 5.27. The van der Waals surface area contributed by atoms with Gasteiger partial charge < -0.3 is 10.1 Å². The number of pyridine rings is 1. The van der Waals surface area contributed by atoms with Crippen molar-refractivity contribution in [2.75, 3.05) is 12.4 Å². The van der Waals surface area contributed by atoms with E-state index in [2.05, 4.69) is 34.6 Å². The highest BCUT2D eigenvalue weighted by Crippen LogP contribution is 2.39. The Morgan fingerprint density at radius 2 is 2.11 bits per heavy atom. The molecule has 0 spiro atoms. The molecule has 1 fully saturated rings. The fourth-order valence-corrected chi connectivity index (χ4v) is 2.59. The molecular weight excluding hydrogens is 236 g/mol. The fourth-order valence-electron chi connectivity index (χ4n) is 2.59. The third kappa shape index (κ3) is 2.70. The second kappa shape index (κ2) is 5.31. The van der Waals surface area contributed by atoms with E-state index in [1.165, 1.54) is 18.4 Å². The highest BCUT2D eigenvalue weighted by Gasteiger charge is 2.30. The standard InChI is InChI=1S/C16H18N2O/c1-19-16-6-2-4-12(10-16)13-8-15(9-13)18-14-5-3-7-17-11-14/h2-7,10-11,13,15,18H,8-9H2,1H3. The van der Waals surface area contributed by atoms with Crippen LogP contribution in [-0.4, -0.2) is 18.1 Å². The van der Waals surface area contributed by atoms with Crippen LogP contribution >= 0.6 is 0 Å². The van der Waals surface area contributed by atoms with Crippen molar-refractivity contribution >= 4 is 5.69 Å². The monoisotopic (exact) mass is 254 g/mol. The minimum atomic E-state index is 0.556. The second-order valence-corrected chi connectivity index (χ2v) is 5.03. The first-order valence-electron chi connectivity index (χ1n) is 6.65. The summed E-state index contributed by atoms with van der Waals surface area (Å²) in [5, 5.41) is 3.51. The van der Waals surface area contributed by atoms with Gasteiger partial charge in [-0.3, -0.25) is 4.98 Å². The molecule has 1 aromatic carbocycles. The Bertz CT molecular complexity index is 535. The van der Waals surface area contributed by atoms with Crippen LogP contribution in [-0.2, 0) is 0 Å². The van der Waals surface area contributed by atoms with E-state index in [0.29, 0.717) is 12.0 Å². The lowest BCUT2D eigenvalue weighted by atomic mass is 9.76. The van der Waals surface area contributed by atoms with E-state index in [1.54, 1.807) is 13.3 Å². The van der Waals surface area contributed by atoms with Crippen molar-refractivity contribution in [3.8, 4) is 5.75 Å². The third-order valence-corrected chi connectivity index (χ3v) is 3.74. The largest absolute Gasteiger partial charge is 0.497 e. The minimum absolute atomic E-state index is 0.556. The van der Waals surface area contributed by atoms with Gasteiger partial charge in [0.15, 0.2) is 0 Å². The Kier molecular flexibility index (Phi) is 3.36. The normalized spacial score (nSPS) is 21.5. The number of methoxy groups -OCH3 is 1. The van der Waals surface area contributed by atoms with Crippen molar-refractivity contribution < 1.29 is 4.74 Å². The van der Waals surface area contributed by atoms with Crippen molar-refractivity contribution in [2.24, 2.45) is 0 Å². The number of anilines is 1. The zero-order valence-electron chi connectivity index (χ0n) is 11.0. The predicted molar refractivity (Wildman–Crippen MR) is 76.6 cm³/mol. The van der Waals surface area contributed by atoms with E-state index in [1.807, 2.05) is 18.3 Å². The fraction of sp³-hybridized carbons (Fsp3) is 0.312. The van der Waals surface area contributed by atoms with Gasteiger partial charge in [-0.05, 0) is 48.6 Å². The summed E-state index contributed by atoms with van der Waals surface area (Å²) in [4.78, 5) is 4.12. The number of aromatic nitrogens is 1. The summed E-state index contributed by atoms with van der Waals surface area (Å²) in [5.41, 5.74) is 2.49. The van der Waals surface area contributed by atoms with E-state index < -0.39 is 0 Å². The van der Waals surface area contributed by atoms with Gasteiger partial charge in [0.05, 0.1) is 12.8 Å². The third-order valence-electron chi connectivity index (χ3n) is 3.74. The number of rotatable bonds is 4. The summed E-state index contributed by atoms with van der Waals surface area (Å²) < 4.78 is 5.27. The average Bonchev–Trinajstić information content (AvgIpc) is 2.43. The molecule has 3 heteroatoms. The van der Waals surface area contributed by atoms with Gasteiger partial charge in [-0.2, -0.15) is 0 Å². The van der Waals surface area contributed by atoms with Crippen molar-refractivity contribution in [1.82, 2.24) is 4.98 Å². The number of ether oxygens (including phenoxy) is 1. The van der Waals surface area contributed by atoms with Gasteiger partial charge >= 0.3 is 0 Å². The van der Waals surface area contributed by atoms with Gasteiger partial charge in [0.1, 0.15) is 5.75 Å². The van der Waals surface area contributed by atoms with Crippen LogP contribution in [0.1, 0.15) is 24.3 Å². The molecule has 3 rings (SSSR count). The predicted octanol–water partition coefficient (Wildman–Crippen LogP) is 3.45. The first-order chi connectivity index (χ1) is 9.35. The maximum Gasteiger partial charge on any atom is 0.119 e. The number of hydrogen-bond acceptors (Lipinski definition) is 3. The van der Waals surface area contributed by atoms with Crippen LogP contribution in [0.15, 0.2) is 48.8 Å². The van der Waals surface area contributed by atoms with Crippen molar-refractivity contribution in [3.63, 3.8) is 0 Å². The molecule has 2 aromatic rings.